The number of methoxy groups -OCH3 is 1. The largest absolute Gasteiger partial charge is 0.453 e. The van der Waals surface area contributed by atoms with Gasteiger partial charge in [0.15, 0.2) is 0 Å². The van der Waals surface area contributed by atoms with Gasteiger partial charge in [-0.05, 0) is 18.8 Å². The van der Waals surface area contributed by atoms with E-state index in [4.69, 9.17) is 5.26 Å². The highest BCUT2D eigenvalue weighted by atomic mass is 16.5. The lowest BCUT2D eigenvalue weighted by molar-refractivity contribution is 0.0503. The van der Waals surface area contributed by atoms with Crippen molar-refractivity contribution in [2.45, 2.75) is 12.8 Å². The van der Waals surface area contributed by atoms with Crippen molar-refractivity contribution in [3.63, 3.8) is 0 Å². The number of likely N-dealkylation sites (tertiary alicyclic amines) is 1. The molecule has 2 fully saturated rings. The van der Waals surface area contributed by atoms with Crippen molar-refractivity contribution >= 4 is 6.09 Å². The molecule has 76 valence electrons. The van der Waals surface area contributed by atoms with Gasteiger partial charge in [-0.25, -0.2) is 4.79 Å². The van der Waals surface area contributed by atoms with Crippen LogP contribution in [0.4, 0.5) is 4.79 Å². The van der Waals surface area contributed by atoms with Gasteiger partial charge in [0.05, 0.1) is 19.1 Å². The number of carbonyl (C=O) groups excluding carboxylic acids is 1. The van der Waals surface area contributed by atoms with E-state index in [0.717, 1.165) is 0 Å². The van der Waals surface area contributed by atoms with Gasteiger partial charge < -0.3 is 9.64 Å². The lowest BCUT2D eigenvalue weighted by Crippen LogP contribution is -2.52. The third kappa shape index (κ3) is 1.54. The fraction of sp³-hybridized carbons (Fsp3) is 0.800. The van der Waals surface area contributed by atoms with Crippen LogP contribution in [0, 0.1) is 29.1 Å². The Morgan fingerprint density at radius 1 is 1.50 bits per heavy atom. The minimum atomic E-state index is -0.270. The first-order valence-electron chi connectivity index (χ1n) is 4.98. The third-order valence-electron chi connectivity index (χ3n) is 3.13. The molecule has 2 aliphatic rings. The molecule has 1 saturated heterocycles. The smallest absolute Gasteiger partial charge is 0.409 e. The molecule has 0 aromatic rings. The molecule has 4 heteroatoms. The quantitative estimate of drug-likeness (QED) is 0.664. The molecule has 1 amide bonds. The van der Waals surface area contributed by atoms with Gasteiger partial charge in [-0.15, -0.1) is 0 Å². The summed E-state index contributed by atoms with van der Waals surface area (Å²) in [6.45, 7) is 1.39. The Labute approximate surface area is 83.4 Å². The number of rotatable bonds is 2. The maximum atomic E-state index is 11.1. The van der Waals surface area contributed by atoms with Gasteiger partial charge in [0.2, 0.25) is 0 Å². The van der Waals surface area contributed by atoms with Crippen LogP contribution in [0.5, 0.6) is 0 Å². The molecule has 0 N–H and O–H groups in total. The first kappa shape index (κ1) is 9.32. The van der Waals surface area contributed by atoms with Gasteiger partial charge in [0, 0.05) is 19.0 Å². The standard InChI is InChI=1S/C10H14N2O2/c1-14-10(13)12-5-8(6-12)9(4-11)7-2-3-7/h7-9H,2-3,5-6H2,1H3. The summed E-state index contributed by atoms with van der Waals surface area (Å²) < 4.78 is 4.60. The molecule has 0 aromatic carbocycles. The molecule has 4 nitrogen and oxygen atoms in total. The highest BCUT2D eigenvalue weighted by molar-refractivity contribution is 5.68. The van der Waals surface area contributed by atoms with Crippen molar-refractivity contribution in [3.8, 4) is 6.07 Å². The first-order chi connectivity index (χ1) is 6.76. The van der Waals surface area contributed by atoms with Crippen LogP contribution in [-0.4, -0.2) is 31.2 Å². The van der Waals surface area contributed by atoms with Crippen LogP contribution in [0.2, 0.25) is 0 Å². The minimum absolute atomic E-state index is 0.163. The van der Waals surface area contributed by atoms with Crippen molar-refractivity contribution in [1.29, 1.82) is 5.26 Å². The molecule has 2 rings (SSSR count). The fourth-order valence-electron chi connectivity index (χ4n) is 2.07. The molecular weight excluding hydrogens is 180 g/mol. The van der Waals surface area contributed by atoms with Crippen molar-refractivity contribution in [3.05, 3.63) is 0 Å². The van der Waals surface area contributed by atoms with E-state index in [1.807, 2.05) is 0 Å². The summed E-state index contributed by atoms with van der Waals surface area (Å²) in [7, 11) is 1.39. The van der Waals surface area contributed by atoms with E-state index in [9.17, 15) is 4.79 Å². The van der Waals surface area contributed by atoms with Gasteiger partial charge in [0.25, 0.3) is 0 Å². The number of amides is 1. The van der Waals surface area contributed by atoms with E-state index in [1.54, 1.807) is 4.90 Å². The van der Waals surface area contributed by atoms with Gasteiger partial charge in [-0.2, -0.15) is 5.26 Å². The molecule has 1 aliphatic heterocycles. The first-order valence-corrected chi connectivity index (χ1v) is 4.98. The predicted octanol–water partition coefficient (Wildman–Crippen LogP) is 1.23. The van der Waals surface area contributed by atoms with E-state index >= 15 is 0 Å². The van der Waals surface area contributed by atoms with Crippen LogP contribution < -0.4 is 0 Å². The Hall–Kier alpha value is -1.24. The molecule has 1 atom stereocenters. The Morgan fingerprint density at radius 3 is 2.57 bits per heavy atom. The normalized spacial score (nSPS) is 23.6. The van der Waals surface area contributed by atoms with E-state index in [0.29, 0.717) is 24.9 Å². The second-order valence-corrected chi connectivity index (χ2v) is 4.13. The van der Waals surface area contributed by atoms with Crippen LogP contribution in [0.3, 0.4) is 0 Å². The zero-order chi connectivity index (χ0) is 10.1. The topological polar surface area (TPSA) is 53.3 Å². The molecule has 1 heterocycles. The van der Waals surface area contributed by atoms with Gasteiger partial charge >= 0.3 is 6.09 Å². The Balaban J connectivity index is 1.81. The van der Waals surface area contributed by atoms with Crippen LogP contribution in [0.25, 0.3) is 0 Å². The third-order valence-corrected chi connectivity index (χ3v) is 3.13. The maximum Gasteiger partial charge on any atom is 0.409 e. The molecular formula is C10H14N2O2. The van der Waals surface area contributed by atoms with Crippen molar-refractivity contribution in [2.24, 2.45) is 17.8 Å². The number of nitriles is 1. The molecule has 0 spiro atoms. The maximum absolute atomic E-state index is 11.1. The highest BCUT2D eigenvalue weighted by Gasteiger charge is 2.43. The summed E-state index contributed by atoms with van der Waals surface area (Å²) in [5, 5.41) is 8.97. The summed E-state index contributed by atoms with van der Waals surface area (Å²) in [6, 6.07) is 2.36. The van der Waals surface area contributed by atoms with Crippen LogP contribution in [0.15, 0.2) is 0 Å². The Morgan fingerprint density at radius 2 is 2.14 bits per heavy atom. The van der Waals surface area contributed by atoms with Crippen LogP contribution in [0.1, 0.15) is 12.8 Å². The highest BCUT2D eigenvalue weighted by Crippen LogP contribution is 2.42. The van der Waals surface area contributed by atoms with E-state index < -0.39 is 0 Å². The SMILES string of the molecule is COC(=O)N1CC(C(C#N)C2CC2)C1. The van der Waals surface area contributed by atoms with Gasteiger partial charge in [-0.1, -0.05) is 0 Å². The van der Waals surface area contributed by atoms with Crippen LogP contribution >= 0.6 is 0 Å². The molecule has 1 saturated carbocycles. The predicted molar refractivity (Wildman–Crippen MR) is 49.3 cm³/mol. The molecule has 0 bridgehead atoms. The second-order valence-electron chi connectivity index (χ2n) is 4.13. The van der Waals surface area contributed by atoms with Gasteiger partial charge in [-0.3, -0.25) is 0 Å². The van der Waals surface area contributed by atoms with E-state index in [-0.39, 0.29) is 12.0 Å². The lowest BCUT2D eigenvalue weighted by Gasteiger charge is -2.40. The van der Waals surface area contributed by atoms with Gasteiger partial charge in [0.1, 0.15) is 0 Å². The number of ether oxygens (including phenoxy) is 1. The number of nitrogens with zero attached hydrogens (tertiary/aromatic N) is 2. The van der Waals surface area contributed by atoms with E-state index in [2.05, 4.69) is 10.8 Å². The average Bonchev–Trinajstić information content (AvgIpc) is 2.92. The fourth-order valence-corrected chi connectivity index (χ4v) is 2.07. The van der Waals surface area contributed by atoms with E-state index in [1.165, 1.54) is 20.0 Å². The van der Waals surface area contributed by atoms with Crippen LogP contribution in [-0.2, 0) is 4.74 Å². The molecule has 1 aliphatic carbocycles. The molecule has 1 unspecified atom stereocenters. The minimum Gasteiger partial charge on any atom is -0.453 e. The van der Waals surface area contributed by atoms with Crippen molar-refractivity contribution < 1.29 is 9.53 Å². The summed E-state index contributed by atoms with van der Waals surface area (Å²) in [6.07, 6.45) is 2.11. The average molecular weight is 194 g/mol. The zero-order valence-corrected chi connectivity index (χ0v) is 8.27. The number of hydrogen-bond acceptors (Lipinski definition) is 3. The number of hydrogen-bond donors (Lipinski definition) is 0. The summed E-state index contributed by atoms with van der Waals surface area (Å²) in [5.41, 5.74) is 0. The summed E-state index contributed by atoms with van der Waals surface area (Å²) >= 11 is 0. The zero-order valence-electron chi connectivity index (χ0n) is 8.27. The summed E-state index contributed by atoms with van der Waals surface area (Å²) in [4.78, 5) is 12.7. The molecule has 0 aromatic heterocycles. The summed E-state index contributed by atoms with van der Waals surface area (Å²) in [5.74, 6) is 1.15. The Kier molecular flexibility index (Phi) is 2.32. The number of carbonyl (C=O) groups is 1. The molecule has 14 heavy (non-hydrogen) atoms. The monoisotopic (exact) mass is 194 g/mol. The second kappa shape index (κ2) is 3.49. The Bertz CT molecular complexity index is 274. The molecule has 0 radical (unpaired) electrons. The van der Waals surface area contributed by atoms with Crippen molar-refractivity contribution in [1.82, 2.24) is 4.90 Å². The lowest BCUT2D eigenvalue weighted by atomic mass is 9.84. The van der Waals surface area contributed by atoms with Crippen molar-refractivity contribution in [2.75, 3.05) is 20.2 Å².